The van der Waals surface area contributed by atoms with Crippen LogP contribution in [0.4, 0.5) is 0 Å². The second-order valence-corrected chi connectivity index (χ2v) is 8.40. The summed E-state index contributed by atoms with van der Waals surface area (Å²) in [5, 5.41) is 2.83. The molecule has 0 radical (unpaired) electrons. The lowest BCUT2D eigenvalue weighted by molar-refractivity contribution is -0.160. The molecule has 0 heterocycles. The molecule has 2 atom stereocenters. The van der Waals surface area contributed by atoms with Gasteiger partial charge in [0.1, 0.15) is 0 Å². The SMILES string of the molecule is CCOC(=O)[C@H](NC(=O)CC1c2ccccc2-c2ccccc21)[C@H](OC(=O)CC)c1ccccc1. The first-order valence-corrected chi connectivity index (χ1v) is 11.9. The van der Waals surface area contributed by atoms with Crippen LogP contribution in [0.3, 0.4) is 0 Å². The minimum Gasteiger partial charge on any atom is -0.464 e. The van der Waals surface area contributed by atoms with E-state index in [1.165, 1.54) is 0 Å². The highest BCUT2D eigenvalue weighted by Crippen LogP contribution is 2.46. The molecule has 0 saturated heterocycles. The average molecular weight is 472 g/mol. The van der Waals surface area contributed by atoms with Crippen molar-refractivity contribution in [3.8, 4) is 11.1 Å². The quantitative estimate of drug-likeness (QED) is 0.448. The summed E-state index contributed by atoms with van der Waals surface area (Å²) in [5.41, 5.74) is 4.98. The second kappa shape index (κ2) is 11.0. The van der Waals surface area contributed by atoms with E-state index in [1.54, 1.807) is 38.1 Å². The Morgan fingerprint density at radius 3 is 1.97 bits per heavy atom. The zero-order chi connectivity index (χ0) is 24.8. The van der Waals surface area contributed by atoms with Gasteiger partial charge in [0.05, 0.1) is 6.61 Å². The molecule has 1 amide bonds. The standard InChI is InChI=1S/C29H29NO5/c1-3-26(32)35-28(19-12-6-5-7-13-19)27(29(33)34-4-2)30-25(31)18-24-22-16-10-8-14-20(22)21-15-9-11-17-23(21)24/h5-17,24,27-28H,3-4,18H2,1-2H3,(H,30,31)/t27-,28-/m1/s1. The number of benzene rings is 3. The van der Waals surface area contributed by atoms with Gasteiger partial charge in [-0.05, 0) is 34.7 Å². The number of rotatable bonds is 9. The molecule has 0 fully saturated rings. The Bertz CT molecular complexity index is 1160. The minimum atomic E-state index is -1.17. The number of ether oxygens (including phenoxy) is 2. The molecule has 6 nitrogen and oxygen atoms in total. The second-order valence-electron chi connectivity index (χ2n) is 8.40. The fourth-order valence-electron chi connectivity index (χ4n) is 4.58. The van der Waals surface area contributed by atoms with Gasteiger partial charge in [0.15, 0.2) is 12.1 Å². The van der Waals surface area contributed by atoms with Crippen molar-refractivity contribution in [2.45, 2.75) is 44.8 Å². The van der Waals surface area contributed by atoms with Crippen molar-refractivity contribution in [2.24, 2.45) is 0 Å². The molecule has 0 bridgehead atoms. The number of hydrogen-bond acceptors (Lipinski definition) is 5. The van der Waals surface area contributed by atoms with E-state index < -0.39 is 24.1 Å². The van der Waals surface area contributed by atoms with Gasteiger partial charge >= 0.3 is 11.9 Å². The molecule has 180 valence electrons. The van der Waals surface area contributed by atoms with Crippen molar-refractivity contribution in [1.82, 2.24) is 5.32 Å². The van der Waals surface area contributed by atoms with Crippen LogP contribution in [0.1, 0.15) is 55.4 Å². The van der Waals surface area contributed by atoms with Crippen LogP contribution < -0.4 is 5.32 Å². The number of fused-ring (bicyclic) bond motifs is 3. The third kappa shape index (κ3) is 5.27. The molecule has 3 aromatic carbocycles. The summed E-state index contributed by atoms with van der Waals surface area (Å²) in [4.78, 5) is 38.6. The van der Waals surface area contributed by atoms with Crippen LogP contribution in [-0.2, 0) is 23.9 Å². The zero-order valence-electron chi connectivity index (χ0n) is 19.9. The van der Waals surface area contributed by atoms with Crippen LogP contribution >= 0.6 is 0 Å². The van der Waals surface area contributed by atoms with Crippen molar-refractivity contribution in [3.05, 3.63) is 95.6 Å². The van der Waals surface area contributed by atoms with E-state index in [9.17, 15) is 14.4 Å². The predicted molar refractivity (Wildman–Crippen MR) is 132 cm³/mol. The lowest BCUT2D eigenvalue weighted by Crippen LogP contribution is -2.47. The molecule has 0 unspecified atom stereocenters. The molecule has 0 aliphatic heterocycles. The number of carbonyl (C=O) groups excluding carboxylic acids is 3. The predicted octanol–water partition coefficient (Wildman–Crippen LogP) is 4.93. The molecule has 6 heteroatoms. The summed E-state index contributed by atoms with van der Waals surface area (Å²) in [6, 6.07) is 23.8. The molecule has 35 heavy (non-hydrogen) atoms. The van der Waals surface area contributed by atoms with Crippen molar-refractivity contribution >= 4 is 17.8 Å². The molecular weight excluding hydrogens is 442 g/mol. The van der Waals surface area contributed by atoms with E-state index in [0.717, 1.165) is 22.3 Å². The first-order valence-electron chi connectivity index (χ1n) is 11.9. The first kappa shape index (κ1) is 24.2. The highest BCUT2D eigenvalue weighted by Gasteiger charge is 2.37. The van der Waals surface area contributed by atoms with Gasteiger partial charge in [-0.25, -0.2) is 4.79 Å². The van der Waals surface area contributed by atoms with Crippen LogP contribution in [0.25, 0.3) is 11.1 Å². The molecule has 0 spiro atoms. The van der Waals surface area contributed by atoms with Crippen molar-refractivity contribution in [2.75, 3.05) is 6.61 Å². The molecule has 0 aromatic heterocycles. The lowest BCUT2D eigenvalue weighted by Gasteiger charge is -2.27. The number of hydrogen-bond donors (Lipinski definition) is 1. The third-order valence-electron chi connectivity index (χ3n) is 6.19. The van der Waals surface area contributed by atoms with Crippen molar-refractivity contribution in [3.63, 3.8) is 0 Å². The molecule has 3 aromatic rings. The lowest BCUT2D eigenvalue weighted by atomic mass is 9.93. The normalized spacial score (nSPS) is 13.8. The number of amides is 1. The fraction of sp³-hybridized carbons (Fsp3) is 0.276. The molecule has 1 aliphatic rings. The topological polar surface area (TPSA) is 81.7 Å². The Labute approximate surface area is 205 Å². The Morgan fingerprint density at radius 1 is 0.829 bits per heavy atom. The molecule has 4 rings (SSSR count). The highest BCUT2D eigenvalue weighted by atomic mass is 16.6. The Morgan fingerprint density at radius 2 is 1.40 bits per heavy atom. The van der Waals surface area contributed by atoms with Crippen LogP contribution in [-0.4, -0.2) is 30.5 Å². The van der Waals surface area contributed by atoms with Crippen LogP contribution in [0.15, 0.2) is 78.9 Å². The van der Waals surface area contributed by atoms with Gasteiger partial charge in [-0.2, -0.15) is 0 Å². The van der Waals surface area contributed by atoms with Gasteiger partial charge in [0.25, 0.3) is 0 Å². The molecule has 0 saturated carbocycles. The Kier molecular flexibility index (Phi) is 7.60. The maximum atomic E-state index is 13.4. The largest absolute Gasteiger partial charge is 0.464 e. The molecule has 1 aliphatic carbocycles. The van der Waals surface area contributed by atoms with Gasteiger partial charge in [-0.15, -0.1) is 0 Å². The van der Waals surface area contributed by atoms with Crippen LogP contribution in [0.2, 0.25) is 0 Å². The summed E-state index contributed by atoms with van der Waals surface area (Å²) in [5.74, 6) is -1.58. The van der Waals surface area contributed by atoms with E-state index in [0.29, 0.717) is 5.56 Å². The third-order valence-corrected chi connectivity index (χ3v) is 6.19. The van der Waals surface area contributed by atoms with E-state index >= 15 is 0 Å². The van der Waals surface area contributed by atoms with E-state index in [1.807, 2.05) is 42.5 Å². The van der Waals surface area contributed by atoms with Gasteiger partial charge in [0, 0.05) is 18.8 Å². The summed E-state index contributed by atoms with van der Waals surface area (Å²) in [6.07, 6.45) is -0.717. The summed E-state index contributed by atoms with van der Waals surface area (Å²) < 4.78 is 10.9. The Hall–Kier alpha value is -3.93. The highest BCUT2D eigenvalue weighted by molar-refractivity contribution is 5.88. The van der Waals surface area contributed by atoms with E-state index in [4.69, 9.17) is 9.47 Å². The zero-order valence-corrected chi connectivity index (χ0v) is 19.9. The van der Waals surface area contributed by atoms with E-state index in [-0.39, 0.29) is 31.3 Å². The van der Waals surface area contributed by atoms with Gasteiger partial charge in [-0.1, -0.05) is 85.8 Å². The first-order chi connectivity index (χ1) is 17.0. The van der Waals surface area contributed by atoms with Crippen LogP contribution in [0, 0.1) is 0 Å². The summed E-state index contributed by atoms with van der Waals surface area (Å²) >= 11 is 0. The van der Waals surface area contributed by atoms with Crippen LogP contribution in [0.5, 0.6) is 0 Å². The number of nitrogens with one attached hydrogen (secondary N) is 1. The van der Waals surface area contributed by atoms with Crippen molar-refractivity contribution in [1.29, 1.82) is 0 Å². The maximum Gasteiger partial charge on any atom is 0.332 e. The Balaban J connectivity index is 1.62. The smallest absolute Gasteiger partial charge is 0.332 e. The fourth-order valence-corrected chi connectivity index (χ4v) is 4.58. The van der Waals surface area contributed by atoms with Gasteiger partial charge < -0.3 is 14.8 Å². The average Bonchev–Trinajstić information content (AvgIpc) is 3.20. The molecular formula is C29H29NO5. The number of carbonyl (C=O) groups is 3. The minimum absolute atomic E-state index is 0.137. The maximum absolute atomic E-state index is 13.4. The van der Waals surface area contributed by atoms with Gasteiger partial charge in [-0.3, -0.25) is 9.59 Å². The number of esters is 2. The monoisotopic (exact) mass is 471 g/mol. The summed E-state index contributed by atoms with van der Waals surface area (Å²) in [7, 11) is 0. The van der Waals surface area contributed by atoms with Crippen molar-refractivity contribution < 1.29 is 23.9 Å². The van der Waals surface area contributed by atoms with E-state index in [2.05, 4.69) is 17.4 Å². The van der Waals surface area contributed by atoms with Gasteiger partial charge in [0.2, 0.25) is 5.91 Å². The summed E-state index contributed by atoms with van der Waals surface area (Å²) in [6.45, 7) is 3.51. The molecule has 1 N–H and O–H groups in total.